The number of pyridine rings is 1. The molecule has 0 spiro atoms. The van der Waals surface area contributed by atoms with Crippen LogP contribution in [0.3, 0.4) is 0 Å². The quantitative estimate of drug-likeness (QED) is 0.344. The third-order valence-electron chi connectivity index (χ3n) is 7.24. The molecule has 4 aromatic rings. The zero-order valence-corrected chi connectivity index (χ0v) is 21.0. The van der Waals surface area contributed by atoms with E-state index in [0.717, 1.165) is 24.8 Å². The molecule has 12 heteroatoms. The smallest absolute Gasteiger partial charge is 0.403 e. The summed E-state index contributed by atoms with van der Waals surface area (Å²) in [7, 11) is 1.35. The molecule has 1 amide bonds. The van der Waals surface area contributed by atoms with E-state index in [1.54, 1.807) is 4.68 Å². The molecule has 2 fully saturated rings. The molecular weight excluding hydrogens is 513 g/mol. The van der Waals surface area contributed by atoms with E-state index in [9.17, 15) is 18.0 Å². The molecule has 1 aromatic carbocycles. The van der Waals surface area contributed by atoms with Crippen LogP contribution in [0.2, 0.25) is 0 Å². The minimum absolute atomic E-state index is 0.0908. The number of fused-ring (bicyclic) bond motifs is 1. The summed E-state index contributed by atoms with van der Waals surface area (Å²) in [6, 6.07) is 11.1. The van der Waals surface area contributed by atoms with Gasteiger partial charge >= 0.3 is 6.18 Å². The van der Waals surface area contributed by atoms with E-state index >= 15 is 0 Å². The molecule has 9 nitrogen and oxygen atoms in total. The van der Waals surface area contributed by atoms with Gasteiger partial charge in [-0.15, -0.1) is 0 Å². The zero-order valence-electron chi connectivity index (χ0n) is 21.0. The monoisotopic (exact) mass is 538 g/mol. The third kappa shape index (κ3) is 4.48. The van der Waals surface area contributed by atoms with Crippen LogP contribution in [0.25, 0.3) is 33.5 Å². The van der Waals surface area contributed by atoms with Gasteiger partial charge in [-0.1, -0.05) is 30.3 Å². The number of carbonyl (C=O) groups excluding carboxylic acids is 1. The molecule has 0 radical (unpaired) electrons. The number of rotatable bonds is 6. The summed E-state index contributed by atoms with van der Waals surface area (Å²) < 4.78 is 53.8. The lowest BCUT2D eigenvalue weighted by Gasteiger charge is -2.22. The predicted octanol–water partition coefficient (Wildman–Crippen LogP) is 5.54. The largest absolute Gasteiger partial charge is 0.493 e. The summed E-state index contributed by atoms with van der Waals surface area (Å²) in [5.74, 6) is -1.20. The van der Waals surface area contributed by atoms with E-state index in [-0.39, 0.29) is 36.2 Å². The molecule has 6 rings (SSSR count). The van der Waals surface area contributed by atoms with Crippen molar-refractivity contribution in [2.24, 2.45) is 5.41 Å². The summed E-state index contributed by atoms with van der Waals surface area (Å²) in [6.45, 7) is 0.640. The van der Waals surface area contributed by atoms with Crippen LogP contribution in [0.1, 0.15) is 38.3 Å². The Morgan fingerprint density at radius 2 is 1.95 bits per heavy atom. The molecular formula is C27H25F3N6O3. The van der Waals surface area contributed by atoms with E-state index in [1.807, 2.05) is 36.5 Å². The average molecular weight is 539 g/mol. The fraction of sp³-hybridized carbons (Fsp3) is 0.370. The minimum Gasteiger partial charge on any atom is -0.493 e. The summed E-state index contributed by atoms with van der Waals surface area (Å²) in [6.07, 6.45) is 0.607. The maximum atomic E-state index is 13.6. The average Bonchev–Trinajstić information content (AvgIpc) is 3.67. The number of ether oxygens (including phenoxy) is 2. The maximum absolute atomic E-state index is 13.6. The number of hydrogen-bond acceptors (Lipinski definition) is 7. The molecule has 1 saturated carbocycles. The minimum atomic E-state index is -4.66. The highest BCUT2D eigenvalue weighted by atomic mass is 19.4. The van der Waals surface area contributed by atoms with E-state index in [0.29, 0.717) is 29.1 Å². The van der Waals surface area contributed by atoms with Crippen molar-refractivity contribution in [2.75, 3.05) is 19.0 Å². The van der Waals surface area contributed by atoms with Gasteiger partial charge in [0.2, 0.25) is 5.91 Å². The molecule has 0 bridgehead atoms. The van der Waals surface area contributed by atoms with Crippen molar-refractivity contribution in [2.45, 2.75) is 44.5 Å². The first-order valence-corrected chi connectivity index (χ1v) is 12.7. The molecule has 1 saturated heterocycles. The first-order chi connectivity index (χ1) is 18.8. The topological polar surface area (TPSA) is 104 Å². The Morgan fingerprint density at radius 1 is 1.15 bits per heavy atom. The second kappa shape index (κ2) is 9.60. The molecule has 1 aliphatic carbocycles. The van der Waals surface area contributed by atoms with Gasteiger partial charge in [-0.05, 0) is 32.1 Å². The van der Waals surface area contributed by atoms with Gasteiger partial charge < -0.3 is 14.8 Å². The predicted molar refractivity (Wildman–Crippen MR) is 136 cm³/mol. The number of nitrogens with zero attached hydrogens (tertiary/aromatic N) is 5. The molecule has 3 aromatic heterocycles. The van der Waals surface area contributed by atoms with Gasteiger partial charge in [0.1, 0.15) is 34.9 Å². The van der Waals surface area contributed by atoms with Crippen LogP contribution >= 0.6 is 0 Å². The number of anilines is 1. The zero-order chi connectivity index (χ0) is 27.2. The number of methoxy groups -OCH3 is 1. The molecule has 2 aliphatic rings. The highest BCUT2D eigenvalue weighted by Gasteiger charge is 2.68. The van der Waals surface area contributed by atoms with E-state index < -0.39 is 17.5 Å². The number of aromatic nitrogens is 5. The van der Waals surface area contributed by atoms with Crippen molar-refractivity contribution in [1.29, 1.82) is 0 Å². The number of amides is 1. The second-order valence-corrected chi connectivity index (χ2v) is 9.72. The molecule has 1 N–H and O–H groups in total. The summed E-state index contributed by atoms with van der Waals surface area (Å²) in [4.78, 5) is 26.1. The first-order valence-electron chi connectivity index (χ1n) is 12.7. The lowest BCUT2D eigenvalue weighted by molar-refractivity contribution is -0.189. The van der Waals surface area contributed by atoms with E-state index in [4.69, 9.17) is 14.6 Å². The number of benzene rings is 1. The number of halogens is 3. The molecule has 202 valence electrons. The molecule has 39 heavy (non-hydrogen) atoms. The molecule has 1 aliphatic heterocycles. The van der Waals surface area contributed by atoms with Crippen LogP contribution in [0.15, 0.2) is 48.9 Å². The lowest BCUT2D eigenvalue weighted by Crippen LogP contribution is -2.37. The van der Waals surface area contributed by atoms with Gasteiger partial charge in [0, 0.05) is 30.0 Å². The summed E-state index contributed by atoms with van der Waals surface area (Å²) in [5, 5.41) is 7.20. The highest BCUT2D eigenvalue weighted by molar-refractivity contribution is 6.00. The standard InChI is InChI=1S/C27H25F3N6O3/c1-38-19-13-18-23(33-24(19)34-25(37)26(10-11-26)27(28,29)30)22(32-15-31-18)17-14-36(20-9-5-6-12-39-20)35-21(17)16-7-3-2-4-8-16/h2-4,7-8,13-15,20H,5-6,9-12H2,1H3,(H,33,34,37). The Bertz CT molecular complexity index is 1530. The van der Waals surface area contributed by atoms with Crippen LogP contribution in [0.4, 0.5) is 19.0 Å². The van der Waals surface area contributed by atoms with Crippen LogP contribution < -0.4 is 10.1 Å². The van der Waals surface area contributed by atoms with Crippen LogP contribution in [0.5, 0.6) is 5.75 Å². The van der Waals surface area contributed by atoms with Crippen molar-refractivity contribution in [3.63, 3.8) is 0 Å². The number of carbonyl (C=O) groups is 1. The van der Waals surface area contributed by atoms with Crippen molar-refractivity contribution < 1.29 is 27.4 Å². The number of alkyl halides is 3. The van der Waals surface area contributed by atoms with Crippen molar-refractivity contribution in [3.05, 3.63) is 48.9 Å². The van der Waals surface area contributed by atoms with Crippen molar-refractivity contribution in [1.82, 2.24) is 24.7 Å². The fourth-order valence-corrected chi connectivity index (χ4v) is 4.86. The van der Waals surface area contributed by atoms with Gasteiger partial charge in [0.15, 0.2) is 11.6 Å². The van der Waals surface area contributed by atoms with Crippen LogP contribution in [-0.4, -0.2) is 50.5 Å². The fourth-order valence-electron chi connectivity index (χ4n) is 4.86. The van der Waals surface area contributed by atoms with Gasteiger partial charge in [0.05, 0.1) is 12.6 Å². The number of nitrogens with one attached hydrogen (secondary N) is 1. The molecule has 4 heterocycles. The summed E-state index contributed by atoms with van der Waals surface area (Å²) in [5.41, 5.74) is 0.812. The Morgan fingerprint density at radius 3 is 2.62 bits per heavy atom. The first kappa shape index (κ1) is 25.2. The SMILES string of the molecule is COc1cc2ncnc(-c3cn(C4CCCCO4)nc3-c3ccccc3)c2nc1NC(=O)C1(C(F)(F)F)CC1. The van der Waals surface area contributed by atoms with Crippen LogP contribution in [-0.2, 0) is 9.53 Å². The van der Waals surface area contributed by atoms with Gasteiger partial charge in [-0.3, -0.25) is 4.79 Å². The Labute approximate surface area is 221 Å². The van der Waals surface area contributed by atoms with E-state index in [2.05, 4.69) is 20.3 Å². The van der Waals surface area contributed by atoms with Gasteiger partial charge in [-0.2, -0.15) is 18.3 Å². The van der Waals surface area contributed by atoms with Gasteiger partial charge in [-0.25, -0.2) is 19.6 Å². The molecule has 1 unspecified atom stereocenters. The molecule has 1 atom stereocenters. The second-order valence-electron chi connectivity index (χ2n) is 9.72. The number of hydrogen-bond donors (Lipinski definition) is 1. The van der Waals surface area contributed by atoms with Crippen molar-refractivity contribution >= 4 is 22.8 Å². The maximum Gasteiger partial charge on any atom is 0.403 e. The Kier molecular flexibility index (Phi) is 6.21. The van der Waals surface area contributed by atoms with E-state index in [1.165, 1.54) is 19.5 Å². The Balaban J connectivity index is 1.47. The lowest BCUT2D eigenvalue weighted by atomic mass is 10.0. The Hall–Kier alpha value is -4.06. The van der Waals surface area contributed by atoms with Gasteiger partial charge in [0.25, 0.3) is 0 Å². The summed E-state index contributed by atoms with van der Waals surface area (Å²) >= 11 is 0. The third-order valence-corrected chi connectivity index (χ3v) is 7.24. The highest BCUT2D eigenvalue weighted by Crippen LogP contribution is 2.58. The van der Waals surface area contributed by atoms with Crippen molar-refractivity contribution in [3.8, 4) is 28.3 Å². The normalized spacial score (nSPS) is 18.6. The van der Waals surface area contributed by atoms with Crippen LogP contribution in [0, 0.1) is 5.41 Å².